The number of carbonyl (C=O) groups excluding carboxylic acids is 1. The highest BCUT2D eigenvalue weighted by Crippen LogP contribution is 2.22. The van der Waals surface area contributed by atoms with Gasteiger partial charge in [-0.1, -0.05) is 25.6 Å². The molecule has 0 saturated carbocycles. The Balaban J connectivity index is 2.07. The molecule has 1 amide bonds. The van der Waals surface area contributed by atoms with Gasteiger partial charge in [-0.3, -0.25) is 4.79 Å². The summed E-state index contributed by atoms with van der Waals surface area (Å²) in [6.45, 7) is 7.28. The first-order chi connectivity index (χ1) is 10.4. The van der Waals surface area contributed by atoms with Crippen LogP contribution in [0.5, 0.6) is 0 Å². The van der Waals surface area contributed by atoms with Crippen molar-refractivity contribution in [1.29, 1.82) is 5.26 Å². The molecule has 2 rings (SSSR count). The van der Waals surface area contributed by atoms with E-state index in [4.69, 9.17) is 0 Å². The third-order valence-corrected chi connectivity index (χ3v) is 4.47. The highest BCUT2D eigenvalue weighted by molar-refractivity contribution is 8.00. The average molecular weight is 318 g/mol. The van der Waals surface area contributed by atoms with Crippen molar-refractivity contribution in [2.24, 2.45) is 5.92 Å². The number of nitrogens with zero attached hydrogens (tertiary/aromatic N) is 5. The Morgan fingerprint density at radius 3 is 2.82 bits per heavy atom. The van der Waals surface area contributed by atoms with Crippen molar-refractivity contribution in [3.63, 3.8) is 0 Å². The molecule has 8 heteroatoms. The van der Waals surface area contributed by atoms with E-state index in [1.165, 1.54) is 11.8 Å². The Morgan fingerprint density at radius 2 is 2.23 bits per heavy atom. The van der Waals surface area contributed by atoms with E-state index >= 15 is 0 Å². The molecule has 116 valence electrons. The van der Waals surface area contributed by atoms with E-state index < -0.39 is 10.8 Å². The number of thioether (sulfide) groups is 1. The standard InChI is InChI=1S/C14H18N6OS/c1-9(2)14(4,8-15)18-11(21)10(3)22-13-17-12-16-6-5-7-20(12)19-13/h5-7,9-10H,1-4H3,(H,18,21)/t10-,14-/m1/s1. The minimum Gasteiger partial charge on any atom is -0.337 e. The van der Waals surface area contributed by atoms with Crippen molar-refractivity contribution in [2.75, 3.05) is 0 Å². The molecule has 0 fully saturated rings. The van der Waals surface area contributed by atoms with Crippen molar-refractivity contribution in [1.82, 2.24) is 24.9 Å². The summed E-state index contributed by atoms with van der Waals surface area (Å²) in [5.74, 6) is 0.285. The molecule has 0 bridgehead atoms. The summed E-state index contributed by atoms with van der Waals surface area (Å²) < 4.78 is 1.56. The van der Waals surface area contributed by atoms with E-state index in [2.05, 4.69) is 26.5 Å². The molecule has 1 N–H and O–H groups in total. The monoisotopic (exact) mass is 318 g/mol. The normalized spacial score (nSPS) is 15.3. The maximum Gasteiger partial charge on any atom is 0.253 e. The second-order valence-electron chi connectivity index (χ2n) is 5.48. The third-order valence-electron chi connectivity index (χ3n) is 3.52. The first-order valence-electron chi connectivity index (χ1n) is 6.93. The molecule has 0 spiro atoms. The van der Waals surface area contributed by atoms with Crippen molar-refractivity contribution < 1.29 is 4.79 Å². The molecule has 2 aromatic rings. The molecule has 2 aromatic heterocycles. The summed E-state index contributed by atoms with van der Waals surface area (Å²) >= 11 is 1.24. The van der Waals surface area contributed by atoms with Crippen LogP contribution in [0.3, 0.4) is 0 Å². The SMILES string of the molecule is CC(C)[C@@](C)(C#N)NC(=O)[C@@H](C)Sc1nc2ncccn2n1. The lowest BCUT2D eigenvalue weighted by Crippen LogP contribution is -2.51. The van der Waals surface area contributed by atoms with Crippen LogP contribution in [-0.2, 0) is 4.79 Å². The Hall–Kier alpha value is -2.14. The summed E-state index contributed by atoms with van der Waals surface area (Å²) in [6.07, 6.45) is 3.38. The maximum absolute atomic E-state index is 12.3. The highest BCUT2D eigenvalue weighted by atomic mass is 32.2. The van der Waals surface area contributed by atoms with E-state index in [-0.39, 0.29) is 11.8 Å². The average Bonchev–Trinajstić information content (AvgIpc) is 2.88. The summed E-state index contributed by atoms with van der Waals surface area (Å²) in [6, 6.07) is 3.92. The lowest BCUT2D eigenvalue weighted by Gasteiger charge is -2.28. The van der Waals surface area contributed by atoms with Gasteiger partial charge in [0.15, 0.2) is 0 Å². The van der Waals surface area contributed by atoms with Crippen molar-refractivity contribution in [2.45, 2.75) is 43.6 Å². The number of hydrogen-bond acceptors (Lipinski definition) is 6. The quantitative estimate of drug-likeness (QED) is 0.842. The van der Waals surface area contributed by atoms with Crippen LogP contribution in [0.2, 0.25) is 0 Å². The van der Waals surface area contributed by atoms with Crippen molar-refractivity contribution >= 4 is 23.4 Å². The number of nitriles is 1. The van der Waals surface area contributed by atoms with Crippen LogP contribution in [0.1, 0.15) is 27.7 Å². The largest absolute Gasteiger partial charge is 0.337 e. The second kappa shape index (κ2) is 6.32. The van der Waals surface area contributed by atoms with Crippen molar-refractivity contribution in [3.05, 3.63) is 18.5 Å². The van der Waals surface area contributed by atoms with Gasteiger partial charge in [-0.25, -0.2) is 9.50 Å². The first kappa shape index (κ1) is 16.2. The molecule has 22 heavy (non-hydrogen) atoms. The van der Waals surface area contributed by atoms with E-state index in [0.717, 1.165) is 0 Å². The Morgan fingerprint density at radius 1 is 1.50 bits per heavy atom. The van der Waals surface area contributed by atoms with Crippen molar-refractivity contribution in [3.8, 4) is 6.07 Å². The number of aromatic nitrogens is 4. The molecule has 0 aromatic carbocycles. The molecule has 0 radical (unpaired) electrons. The minimum absolute atomic E-state index is 0.0103. The summed E-state index contributed by atoms with van der Waals surface area (Å²) in [5, 5.41) is 16.4. The number of nitrogens with one attached hydrogen (secondary N) is 1. The Labute approximate surface area is 133 Å². The van der Waals surface area contributed by atoms with Gasteiger partial charge in [-0.2, -0.15) is 10.2 Å². The van der Waals surface area contributed by atoms with Gasteiger partial charge in [-0.05, 0) is 25.8 Å². The molecule has 0 aliphatic rings. The van der Waals surface area contributed by atoms with Gasteiger partial charge in [0.25, 0.3) is 5.78 Å². The van der Waals surface area contributed by atoms with Crippen LogP contribution < -0.4 is 5.32 Å². The summed E-state index contributed by atoms with van der Waals surface area (Å²) in [7, 11) is 0. The Bertz CT molecular complexity index is 688. The Kier molecular flexibility index (Phi) is 4.66. The fourth-order valence-corrected chi connectivity index (χ4v) is 2.39. The zero-order valence-corrected chi connectivity index (χ0v) is 13.8. The van der Waals surface area contributed by atoms with E-state index in [1.54, 1.807) is 36.8 Å². The van der Waals surface area contributed by atoms with Gasteiger partial charge in [0, 0.05) is 12.4 Å². The number of carbonyl (C=O) groups is 1. The van der Waals surface area contributed by atoms with Crippen LogP contribution >= 0.6 is 11.8 Å². The number of fused-ring (bicyclic) bond motifs is 1. The topological polar surface area (TPSA) is 96.0 Å². The fourth-order valence-electron chi connectivity index (χ4n) is 1.63. The molecule has 0 aliphatic carbocycles. The van der Waals surface area contributed by atoms with Gasteiger partial charge in [0.05, 0.1) is 11.3 Å². The highest BCUT2D eigenvalue weighted by Gasteiger charge is 2.32. The number of rotatable bonds is 5. The van der Waals surface area contributed by atoms with Crippen LogP contribution in [0.25, 0.3) is 5.78 Å². The smallest absolute Gasteiger partial charge is 0.253 e. The first-order valence-corrected chi connectivity index (χ1v) is 7.81. The van der Waals surface area contributed by atoms with Crippen LogP contribution in [-0.4, -0.2) is 36.3 Å². The predicted molar refractivity (Wildman–Crippen MR) is 83.1 cm³/mol. The molecule has 0 aliphatic heterocycles. The number of amides is 1. The van der Waals surface area contributed by atoms with Gasteiger partial charge in [-0.15, -0.1) is 5.10 Å². The van der Waals surface area contributed by atoms with Gasteiger partial charge in [0.2, 0.25) is 11.1 Å². The zero-order chi connectivity index (χ0) is 16.3. The molecular weight excluding hydrogens is 300 g/mol. The maximum atomic E-state index is 12.3. The minimum atomic E-state index is -0.889. The van der Waals surface area contributed by atoms with E-state index in [0.29, 0.717) is 10.9 Å². The third kappa shape index (κ3) is 3.36. The van der Waals surface area contributed by atoms with Crippen LogP contribution in [0, 0.1) is 17.2 Å². The molecule has 7 nitrogen and oxygen atoms in total. The summed E-state index contributed by atoms with van der Waals surface area (Å²) in [5.41, 5.74) is -0.889. The molecule has 2 atom stereocenters. The number of hydrogen-bond donors (Lipinski definition) is 1. The lowest BCUT2D eigenvalue weighted by molar-refractivity contribution is -0.121. The van der Waals surface area contributed by atoms with Gasteiger partial charge in [0.1, 0.15) is 5.54 Å². The van der Waals surface area contributed by atoms with E-state index in [1.807, 2.05) is 13.8 Å². The summed E-state index contributed by atoms with van der Waals surface area (Å²) in [4.78, 5) is 20.6. The van der Waals surface area contributed by atoms with Crippen LogP contribution in [0.15, 0.2) is 23.6 Å². The lowest BCUT2D eigenvalue weighted by atomic mass is 9.90. The zero-order valence-electron chi connectivity index (χ0n) is 12.9. The molecule has 0 saturated heterocycles. The molecular formula is C14H18N6OS. The van der Waals surface area contributed by atoms with E-state index in [9.17, 15) is 10.1 Å². The van der Waals surface area contributed by atoms with Crippen LogP contribution in [0.4, 0.5) is 0 Å². The fraction of sp³-hybridized carbons (Fsp3) is 0.500. The van der Waals surface area contributed by atoms with Gasteiger partial charge >= 0.3 is 0 Å². The molecule has 2 heterocycles. The predicted octanol–water partition coefficient (Wildman–Crippen LogP) is 1.66. The molecule has 0 unspecified atom stereocenters. The van der Waals surface area contributed by atoms with Gasteiger partial charge < -0.3 is 5.32 Å². The second-order valence-corrected chi connectivity index (χ2v) is 6.78.